The number of nitrogens with zero attached hydrogens (tertiary/aromatic N) is 2. The van der Waals surface area contributed by atoms with E-state index in [2.05, 4.69) is 6.92 Å². The minimum absolute atomic E-state index is 0.354. The van der Waals surface area contributed by atoms with Crippen molar-refractivity contribution in [3.05, 3.63) is 10.1 Å². The Bertz CT molecular complexity index is 202. The summed E-state index contributed by atoms with van der Waals surface area (Å²) in [5.74, 6) is 0. The van der Waals surface area contributed by atoms with Crippen molar-refractivity contribution in [2.75, 3.05) is 19.7 Å². The van der Waals surface area contributed by atoms with Gasteiger partial charge in [-0.25, -0.2) is 0 Å². The lowest BCUT2D eigenvalue weighted by atomic mass is 9.89. The molecular formula is C8H16N2O3. The summed E-state index contributed by atoms with van der Waals surface area (Å²) >= 11 is 0. The number of aliphatic hydroxyl groups is 1. The zero-order chi connectivity index (χ0) is 10.1. The van der Waals surface area contributed by atoms with Gasteiger partial charge in [-0.15, -0.1) is 0 Å². The van der Waals surface area contributed by atoms with E-state index in [0.29, 0.717) is 19.1 Å². The van der Waals surface area contributed by atoms with Gasteiger partial charge in [0.2, 0.25) is 0 Å². The van der Waals surface area contributed by atoms with Crippen LogP contribution in [-0.2, 0) is 0 Å². The SMILES string of the molecule is CCC(C)N1CC(CO)([N+](=O)[O-])C1. The number of hydrogen-bond acceptors (Lipinski definition) is 4. The van der Waals surface area contributed by atoms with Gasteiger partial charge in [0.05, 0.1) is 13.1 Å². The number of aliphatic hydroxyl groups excluding tert-OH is 1. The molecule has 1 rings (SSSR count). The summed E-state index contributed by atoms with van der Waals surface area (Å²) in [5.41, 5.74) is -1.08. The highest BCUT2D eigenvalue weighted by molar-refractivity contribution is 4.97. The maximum atomic E-state index is 10.6. The Hall–Kier alpha value is -0.680. The number of hydrogen-bond donors (Lipinski definition) is 1. The van der Waals surface area contributed by atoms with E-state index in [-0.39, 0.29) is 11.5 Å². The standard InChI is InChI=1S/C8H16N2O3/c1-3-7(2)9-4-8(5-9,6-11)10(12)13/h7,11H,3-6H2,1-2H3. The summed E-state index contributed by atoms with van der Waals surface area (Å²) in [6.07, 6.45) is 0.985. The molecular weight excluding hydrogens is 172 g/mol. The number of rotatable bonds is 4. The first-order chi connectivity index (χ1) is 6.05. The second-order valence-corrected chi connectivity index (χ2v) is 3.80. The molecule has 1 unspecified atom stereocenters. The fourth-order valence-electron chi connectivity index (χ4n) is 1.55. The number of likely N-dealkylation sites (tertiary alicyclic amines) is 1. The van der Waals surface area contributed by atoms with Crippen LogP contribution in [0.1, 0.15) is 20.3 Å². The van der Waals surface area contributed by atoms with Crippen LogP contribution in [0.15, 0.2) is 0 Å². The Morgan fingerprint density at radius 2 is 2.23 bits per heavy atom. The van der Waals surface area contributed by atoms with Crippen LogP contribution in [0.25, 0.3) is 0 Å². The minimum atomic E-state index is -1.08. The van der Waals surface area contributed by atoms with Crippen LogP contribution >= 0.6 is 0 Å². The highest BCUT2D eigenvalue weighted by Gasteiger charge is 2.54. The predicted octanol–water partition coefficient (Wildman–Crippen LogP) is 0.108. The second-order valence-electron chi connectivity index (χ2n) is 3.80. The van der Waals surface area contributed by atoms with Gasteiger partial charge in [-0.3, -0.25) is 15.0 Å². The molecule has 13 heavy (non-hydrogen) atoms. The Labute approximate surface area is 77.5 Å². The van der Waals surface area contributed by atoms with Gasteiger partial charge in [0.1, 0.15) is 6.61 Å². The van der Waals surface area contributed by atoms with Crippen molar-refractivity contribution in [3.63, 3.8) is 0 Å². The summed E-state index contributed by atoms with van der Waals surface area (Å²) in [7, 11) is 0. The van der Waals surface area contributed by atoms with Crippen LogP contribution in [0.5, 0.6) is 0 Å². The molecule has 1 heterocycles. The van der Waals surface area contributed by atoms with Crippen LogP contribution in [0.3, 0.4) is 0 Å². The molecule has 0 aromatic rings. The molecule has 5 heteroatoms. The Morgan fingerprint density at radius 3 is 2.54 bits per heavy atom. The van der Waals surface area contributed by atoms with Crippen molar-refractivity contribution >= 4 is 0 Å². The first-order valence-corrected chi connectivity index (χ1v) is 4.55. The van der Waals surface area contributed by atoms with Crippen molar-refractivity contribution in [3.8, 4) is 0 Å². The average molecular weight is 188 g/mol. The first kappa shape index (κ1) is 10.4. The van der Waals surface area contributed by atoms with Crippen molar-refractivity contribution < 1.29 is 10.0 Å². The van der Waals surface area contributed by atoms with Gasteiger partial charge in [-0.1, -0.05) is 6.92 Å². The molecule has 1 fully saturated rings. The summed E-state index contributed by atoms with van der Waals surface area (Å²) in [6, 6.07) is 0.375. The third-order valence-electron chi connectivity index (χ3n) is 2.89. The van der Waals surface area contributed by atoms with Crippen molar-refractivity contribution in [1.82, 2.24) is 4.90 Å². The molecule has 5 nitrogen and oxygen atoms in total. The molecule has 1 aliphatic rings. The minimum Gasteiger partial charge on any atom is -0.389 e. The van der Waals surface area contributed by atoms with Crippen molar-refractivity contribution in [2.45, 2.75) is 31.8 Å². The van der Waals surface area contributed by atoms with E-state index >= 15 is 0 Å². The second kappa shape index (κ2) is 3.59. The van der Waals surface area contributed by atoms with Gasteiger partial charge >= 0.3 is 0 Å². The van der Waals surface area contributed by atoms with Gasteiger partial charge in [-0.2, -0.15) is 0 Å². The third kappa shape index (κ3) is 1.66. The molecule has 1 aliphatic heterocycles. The molecule has 0 amide bonds. The van der Waals surface area contributed by atoms with E-state index < -0.39 is 5.54 Å². The number of nitro groups is 1. The van der Waals surface area contributed by atoms with E-state index in [0.717, 1.165) is 6.42 Å². The summed E-state index contributed by atoms with van der Waals surface area (Å²) in [5, 5.41) is 19.5. The normalized spacial score (nSPS) is 23.6. The maximum absolute atomic E-state index is 10.6. The Morgan fingerprint density at radius 1 is 1.69 bits per heavy atom. The molecule has 0 aromatic carbocycles. The quantitative estimate of drug-likeness (QED) is 0.502. The monoisotopic (exact) mass is 188 g/mol. The van der Waals surface area contributed by atoms with Crippen molar-refractivity contribution in [2.24, 2.45) is 0 Å². The smallest absolute Gasteiger partial charge is 0.269 e. The van der Waals surface area contributed by atoms with E-state index in [4.69, 9.17) is 5.11 Å². The molecule has 76 valence electrons. The summed E-state index contributed by atoms with van der Waals surface area (Å²) in [6.45, 7) is 4.50. The van der Waals surface area contributed by atoms with Gasteiger partial charge in [0, 0.05) is 11.0 Å². The van der Waals surface area contributed by atoms with Crippen LogP contribution in [0.4, 0.5) is 0 Å². The molecule has 0 bridgehead atoms. The van der Waals surface area contributed by atoms with Crippen molar-refractivity contribution in [1.29, 1.82) is 0 Å². The van der Waals surface area contributed by atoms with Gasteiger partial charge in [-0.05, 0) is 13.3 Å². The molecule has 0 aromatic heterocycles. The summed E-state index contributed by atoms with van der Waals surface area (Å²) in [4.78, 5) is 12.3. The molecule has 0 spiro atoms. The molecule has 0 saturated carbocycles. The van der Waals surface area contributed by atoms with E-state index in [1.807, 2.05) is 11.8 Å². The molecule has 0 radical (unpaired) electrons. The third-order valence-corrected chi connectivity index (χ3v) is 2.89. The lowest BCUT2D eigenvalue weighted by molar-refractivity contribution is -0.593. The first-order valence-electron chi connectivity index (χ1n) is 4.55. The Kier molecular flexibility index (Phi) is 2.87. The molecule has 1 atom stereocenters. The van der Waals surface area contributed by atoms with Crippen LogP contribution in [0.2, 0.25) is 0 Å². The van der Waals surface area contributed by atoms with Crippen LogP contribution < -0.4 is 0 Å². The van der Waals surface area contributed by atoms with E-state index in [1.54, 1.807) is 0 Å². The zero-order valence-electron chi connectivity index (χ0n) is 8.06. The van der Waals surface area contributed by atoms with Crippen LogP contribution in [0, 0.1) is 10.1 Å². The van der Waals surface area contributed by atoms with E-state index in [9.17, 15) is 10.1 Å². The van der Waals surface area contributed by atoms with Gasteiger partial charge in [0.25, 0.3) is 5.54 Å². The predicted molar refractivity (Wildman–Crippen MR) is 48.1 cm³/mol. The topological polar surface area (TPSA) is 66.6 Å². The Balaban J connectivity index is 2.49. The van der Waals surface area contributed by atoms with Crippen LogP contribution in [-0.4, -0.2) is 46.2 Å². The zero-order valence-corrected chi connectivity index (χ0v) is 8.06. The summed E-state index contributed by atoms with van der Waals surface area (Å²) < 4.78 is 0. The maximum Gasteiger partial charge on any atom is 0.269 e. The molecule has 1 N–H and O–H groups in total. The van der Waals surface area contributed by atoms with Gasteiger partial charge < -0.3 is 5.11 Å². The lowest BCUT2D eigenvalue weighted by Gasteiger charge is -2.45. The molecule has 1 saturated heterocycles. The highest BCUT2D eigenvalue weighted by atomic mass is 16.6. The fraction of sp³-hybridized carbons (Fsp3) is 1.00. The van der Waals surface area contributed by atoms with E-state index in [1.165, 1.54) is 0 Å². The largest absolute Gasteiger partial charge is 0.389 e. The fourth-order valence-corrected chi connectivity index (χ4v) is 1.55. The average Bonchev–Trinajstić information content (AvgIpc) is 2.02. The highest BCUT2D eigenvalue weighted by Crippen LogP contribution is 2.26. The molecule has 0 aliphatic carbocycles. The van der Waals surface area contributed by atoms with Gasteiger partial charge in [0.15, 0.2) is 0 Å². The lowest BCUT2D eigenvalue weighted by Crippen LogP contribution is -2.69.